The van der Waals surface area contributed by atoms with Crippen molar-refractivity contribution < 1.29 is 26.7 Å². The number of amidine groups is 1. The molecule has 0 radical (unpaired) electrons. The molecule has 2 aromatic rings. The van der Waals surface area contributed by atoms with E-state index in [9.17, 15) is 22.0 Å². The Bertz CT molecular complexity index is 904. The standard InChI is InChI=1S/C16H9BrF5N3OS/c1-27-15(24-7-23)25-12-6-9(17)2-3-13(12)26-14-10(18)4-8(5-11(14)19)16(20,21)22/h2-6H,1H3,(H,24,25). The fraction of sp³-hybridized carbons (Fsp3) is 0.125. The van der Waals surface area contributed by atoms with Crippen molar-refractivity contribution in [3.63, 3.8) is 0 Å². The highest BCUT2D eigenvalue weighted by molar-refractivity contribution is 9.10. The normalized spacial score (nSPS) is 11.9. The average Bonchev–Trinajstić information content (AvgIpc) is 2.58. The second kappa shape index (κ2) is 8.58. The van der Waals surface area contributed by atoms with Gasteiger partial charge in [-0.25, -0.2) is 13.8 Å². The lowest BCUT2D eigenvalue weighted by atomic mass is 10.2. The lowest BCUT2D eigenvalue weighted by Gasteiger charge is -2.13. The number of thioether (sulfide) groups is 1. The number of nitrogens with one attached hydrogen (secondary N) is 1. The Morgan fingerprint density at radius 2 is 1.85 bits per heavy atom. The van der Waals surface area contributed by atoms with Gasteiger partial charge in [0.15, 0.2) is 34.5 Å². The minimum atomic E-state index is -4.90. The van der Waals surface area contributed by atoms with Gasteiger partial charge in [0.1, 0.15) is 5.69 Å². The summed E-state index contributed by atoms with van der Waals surface area (Å²) in [7, 11) is 0. The Labute approximate surface area is 163 Å². The maximum absolute atomic E-state index is 14.0. The molecule has 0 unspecified atom stereocenters. The largest absolute Gasteiger partial charge is 0.449 e. The van der Waals surface area contributed by atoms with Crippen LogP contribution in [-0.4, -0.2) is 11.4 Å². The molecule has 0 aliphatic rings. The summed E-state index contributed by atoms with van der Waals surface area (Å²) in [5, 5.41) is 11.2. The van der Waals surface area contributed by atoms with Crippen molar-refractivity contribution in [2.45, 2.75) is 6.18 Å². The number of rotatable bonds is 3. The smallest absolute Gasteiger partial charge is 0.416 e. The van der Waals surface area contributed by atoms with Crippen LogP contribution < -0.4 is 10.1 Å². The van der Waals surface area contributed by atoms with Crippen molar-refractivity contribution >= 4 is 38.5 Å². The molecular weight excluding hydrogens is 457 g/mol. The maximum Gasteiger partial charge on any atom is 0.416 e. The zero-order valence-electron chi connectivity index (χ0n) is 13.4. The predicted molar refractivity (Wildman–Crippen MR) is 94.9 cm³/mol. The fourth-order valence-electron chi connectivity index (χ4n) is 1.88. The van der Waals surface area contributed by atoms with Crippen LogP contribution in [0.2, 0.25) is 0 Å². The van der Waals surface area contributed by atoms with Gasteiger partial charge in [-0.3, -0.25) is 5.32 Å². The van der Waals surface area contributed by atoms with E-state index in [1.807, 2.05) is 0 Å². The molecule has 0 bridgehead atoms. The van der Waals surface area contributed by atoms with Crippen LogP contribution in [0.5, 0.6) is 11.5 Å². The first-order valence-corrected chi connectivity index (χ1v) is 8.99. The Morgan fingerprint density at radius 3 is 2.37 bits per heavy atom. The zero-order valence-corrected chi connectivity index (χ0v) is 15.8. The minimum absolute atomic E-state index is 0.0928. The van der Waals surface area contributed by atoms with Crippen LogP contribution in [0.1, 0.15) is 5.56 Å². The van der Waals surface area contributed by atoms with Crippen molar-refractivity contribution in [1.82, 2.24) is 5.32 Å². The highest BCUT2D eigenvalue weighted by Crippen LogP contribution is 2.39. The number of nitrogens with zero attached hydrogens (tertiary/aromatic N) is 2. The molecule has 0 aliphatic carbocycles. The lowest BCUT2D eigenvalue weighted by molar-refractivity contribution is -0.138. The Balaban J connectivity index is 2.48. The van der Waals surface area contributed by atoms with Crippen LogP contribution in [-0.2, 0) is 6.18 Å². The van der Waals surface area contributed by atoms with Crippen LogP contribution in [0.4, 0.5) is 27.6 Å². The molecule has 0 spiro atoms. The third-order valence-corrected chi connectivity index (χ3v) is 4.11. The van der Waals surface area contributed by atoms with E-state index in [-0.39, 0.29) is 28.7 Å². The van der Waals surface area contributed by atoms with Crippen molar-refractivity contribution in [3.8, 4) is 17.7 Å². The van der Waals surface area contributed by atoms with Gasteiger partial charge in [0.05, 0.1) is 5.56 Å². The highest BCUT2D eigenvalue weighted by Gasteiger charge is 2.33. The average molecular weight is 466 g/mol. The number of hydrogen-bond acceptors (Lipinski definition) is 4. The number of hydrogen-bond donors (Lipinski definition) is 1. The van der Waals surface area contributed by atoms with E-state index in [1.165, 1.54) is 18.2 Å². The molecule has 0 saturated carbocycles. The molecule has 4 nitrogen and oxygen atoms in total. The maximum atomic E-state index is 14.0. The SMILES string of the molecule is CSC(=Nc1cc(Br)ccc1Oc1c(F)cc(C(F)(F)F)cc1F)NC#N. The van der Waals surface area contributed by atoms with Gasteiger partial charge in [-0.2, -0.15) is 18.4 Å². The number of ether oxygens (including phenoxy) is 1. The van der Waals surface area contributed by atoms with Crippen LogP contribution in [0.25, 0.3) is 0 Å². The molecular formula is C16H9BrF5N3OS. The van der Waals surface area contributed by atoms with E-state index in [2.05, 4.69) is 26.2 Å². The van der Waals surface area contributed by atoms with Crippen LogP contribution >= 0.6 is 27.7 Å². The van der Waals surface area contributed by atoms with Gasteiger partial charge in [-0.15, -0.1) is 0 Å². The van der Waals surface area contributed by atoms with Gasteiger partial charge in [0.2, 0.25) is 0 Å². The monoisotopic (exact) mass is 465 g/mol. The summed E-state index contributed by atoms with van der Waals surface area (Å²) in [6.45, 7) is 0. The Kier molecular flexibility index (Phi) is 6.67. The summed E-state index contributed by atoms with van der Waals surface area (Å²) in [4.78, 5) is 4.11. The summed E-state index contributed by atoms with van der Waals surface area (Å²) in [6.07, 6.45) is -1.58. The van der Waals surface area contributed by atoms with Crippen LogP contribution in [0.3, 0.4) is 0 Å². The number of benzene rings is 2. The third-order valence-electron chi connectivity index (χ3n) is 3.04. The van der Waals surface area contributed by atoms with Crippen molar-refractivity contribution in [1.29, 1.82) is 5.26 Å². The molecule has 0 aromatic heterocycles. The number of alkyl halides is 3. The number of aliphatic imine (C=N–C) groups is 1. The molecule has 1 N–H and O–H groups in total. The third kappa shape index (κ3) is 5.33. The van der Waals surface area contributed by atoms with E-state index >= 15 is 0 Å². The molecule has 142 valence electrons. The second-order valence-corrected chi connectivity index (χ2v) is 6.55. The lowest BCUT2D eigenvalue weighted by Crippen LogP contribution is -2.12. The summed E-state index contributed by atoms with van der Waals surface area (Å²) in [6, 6.07) is 4.55. The van der Waals surface area contributed by atoms with E-state index in [4.69, 9.17) is 10.00 Å². The molecule has 2 rings (SSSR count). The molecule has 27 heavy (non-hydrogen) atoms. The molecule has 2 aromatic carbocycles. The Hall–Kier alpha value is -2.32. The molecule has 0 atom stereocenters. The van der Waals surface area contributed by atoms with Gasteiger partial charge in [0.25, 0.3) is 0 Å². The topological polar surface area (TPSA) is 57.4 Å². The van der Waals surface area contributed by atoms with Gasteiger partial charge in [-0.05, 0) is 36.6 Å². The molecule has 0 aliphatic heterocycles. The van der Waals surface area contributed by atoms with Crippen LogP contribution in [0.15, 0.2) is 39.8 Å². The first kappa shape index (κ1) is 21.0. The summed E-state index contributed by atoms with van der Waals surface area (Å²) in [5.41, 5.74) is -1.38. The number of nitriles is 1. The van der Waals surface area contributed by atoms with Gasteiger partial charge >= 0.3 is 6.18 Å². The van der Waals surface area contributed by atoms with Crippen molar-refractivity contribution in [2.24, 2.45) is 4.99 Å². The van der Waals surface area contributed by atoms with E-state index in [1.54, 1.807) is 12.4 Å². The first-order chi connectivity index (χ1) is 12.7. The molecule has 0 saturated heterocycles. The molecule has 0 fully saturated rings. The van der Waals surface area contributed by atoms with Gasteiger partial charge in [-0.1, -0.05) is 27.7 Å². The molecule has 0 amide bonds. The summed E-state index contributed by atoms with van der Waals surface area (Å²) < 4.78 is 71.7. The van der Waals surface area contributed by atoms with Crippen LogP contribution in [0, 0.1) is 23.1 Å². The minimum Gasteiger partial charge on any atom is -0.449 e. The van der Waals surface area contributed by atoms with E-state index in [0.717, 1.165) is 11.8 Å². The summed E-state index contributed by atoms with van der Waals surface area (Å²) in [5.74, 6) is -4.15. The predicted octanol–water partition coefficient (Wildman–Crippen LogP) is 5.96. The second-order valence-electron chi connectivity index (χ2n) is 4.84. The summed E-state index contributed by atoms with van der Waals surface area (Å²) >= 11 is 4.30. The first-order valence-electron chi connectivity index (χ1n) is 6.97. The van der Waals surface area contributed by atoms with E-state index in [0.29, 0.717) is 4.47 Å². The van der Waals surface area contributed by atoms with Gasteiger partial charge < -0.3 is 4.74 Å². The quantitative estimate of drug-likeness (QED) is 0.200. The van der Waals surface area contributed by atoms with E-state index < -0.39 is 29.1 Å². The van der Waals surface area contributed by atoms with Gasteiger partial charge in [0, 0.05) is 4.47 Å². The molecule has 0 heterocycles. The van der Waals surface area contributed by atoms with Crippen molar-refractivity contribution in [3.05, 3.63) is 52.0 Å². The number of halogens is 6. The zero-order chi connectivity index (χ0) is 20.2. The Morgan fingerprint density at radius 1 is 1.22 bits per heavy atom. The highest BCUT2D eigenvalue weighted by atomic mass is 79.9. The van der Waals surface area contributed by atoms with Crippen molar-refractivity contribution in [2.75, 3.05) is 6.26 Å². The fourth-order valence-corrected chi connectivity index (χ4v) is 2.56. The molecule has 11 heteroatoms.